The van der Waals surface area contributed by atoms with Gasteiger partial charge in [0.15, 0.2) is 0 Å². The van der Waals surface area contributed by atoms with Gasteiger partial charge in [0.05, 0.1) is 29.9 Å². The van der Waals surface area contributed by atoms with E-state index in [4.69, 9.17) is 9.47 Å². The lowest BCUT2D eigenvalue weighted by atomic mass is 10.1. The maximum absolute atomic E-state index is 11.9. The first kappa shape index (κ1) is 18.0. The molecular weight excluding hydrogens is 356 g/mol. The van der Waals surface area contributed by atoms with E-state index < -0.39 is 5.91 Å². The number of carbonyl (C=O) groups is 2. The van der Waals surface area contributed by atoms with Gasteiger partial charge < -0.3 is 9.47 Å². The largest absolute Gasteiger partial charge is 0.493 e. The molecule has 2 amide bonds. The number of hydrogen-bond acceptors (Lipinski definition) is 5. The van der Waals surface area contributed by atoms with Crippen LogP contribution in [0.1, 0.15) is 39.3 Å². The van der Waals surface area contributed by atoms with Crippen molar-refractivity contribution < 1.29 is 19.1 Å². The third-order valence-electron chi connectivity index (χ3n) is 4.59. The molecule has 28 heavy (non-hydrogen) atoms. The van der Waals surface area contributed by atoms with Crippen molar-refractivity contribution in [1.82, 2.24) is 10.3 Å². The second-order valence-corrected chi connectivity index (χ2v) is 6.64. The van der Waals surface area contributed by atoms with E-state index in [1.807, 2.05) is 37.3 Å². The summed E-state index contributed by atoms with van der Waals surface area (Å²) >= 11 is 0. The number of nitrogens with zero attached hydrogens (tertiary/aromatic N) is 1. The standard InChI is InChI=1S/C22H20N2O4/c1-14-13-19(15-7-2-3-9-17(15)23-14)28-12-5-4-11-27-18-10-6-8-16-20(18)22(26)24-21(16)25/h2-3,6-10,13H,4-5,11-12H2,1H3,(H,24,25,26). The molecule has 1 aliphatic rings. The molecule has 0 radical (unpaired) electrons. The first-order chi connectivity index (χ1) is 13.6. The van der Waals surface area contributed by atoms with Crippen molar-refractivity contribution in [2.24, 2.45) is 0 Å². The maximum Gasteiger partial charge on any atom is 0.262 e. The normalized spacial score (nSPS) is 12.8. The highest BCUT2D eigenvalue weighted by atomic mass is 16.5. The van der Waals surface area contributed by atoms with Crippen LogP contribution in [0.3, 0.4) is 0 Å². The van der Waals surface area contributed by atoms with E-state index in [9.17, 15) is 9.59 Å². The molecule has 0 saturated heterocycles. The number of rotatable bonds is 7. The van der Waals surface area contributed by atoms with Gasteiger partial charge in [0, 0.05) is 17.1 Å². The minimum Gasteiger partial charge on any atom is -0.493 e. The zero-order valence-corrected chi connectivity index (χ0v) is 15.5. The number of pyridine rings is 1. The number of aryl methyl sites for hydroxylation is 1. The zero-order chi connectivity index (χ0) is 19.5. The van der Waals surface area contributed by atoms with Crippen molar-refractivity contribution in [2.45, 2.75) is 19.8 Å². The van der Waals surface area contributed by atoms with Crippen LogP contribution in [0.15, 0.2) is 48.5 Å². The Bertz CT molecular complexity index is 1060. The Balaban J connectivity index is 1.30. The molecule has 0 atom stereocenters. The first-order valence-corrected chi connectivity index (χ1v) is 9.24. The Morgan fingerprint density at radius 3 is 2.46 bits per heavy atom. The van der Waals surface area contributed by atoms with Crippen LogP contribution in [-0.4, -0.2) is 30.0 Å². The fourth-order valence-electron chi connectivity index (χ4n) is 3.26. The van der Waals surface area contributed by atoms with Gasteiger partial charge in [-0.3, -0.25) is 19.9 Å². The van der Waals surface area contributed by atoms with E-state index in [0.717, 1.165) is 35.2 Å². The topological polar surface area (TPSA) is 77.5 Å². The van der Waals surface area contributed by atoms with Gasteiger partial charge >= 0.3 is 0 Å². The van der Waals surface area contributed by atoms with Crippen molar-refractivity contribution >= 4 is 22.7 Å². The van der Waals surface area contributed by atoms with Crippen LogP contribution in [0, 0.1) is 6.92 Å². The number of hydrogen-bond donors (Lipinski definition) is 1. The monoisotopic (exact) mass is 376 g/mol. The summed E-state index contributed by atoms with van der Waals surface area (Å²) in [5.41, 5.74) is 2.53. The van der Waals surface area contributed by atoms with Gasteiger partial charge in [0.1, 0.15) is 11.5 Å². The lowest BCUT2D eigenvalue weighted by Gasteiger charge is -2.11. The Hall–Kier alpha value is -3.41. The van der Waals surface area contributed by atoms with Gasteiger partial charge in [-0.25, -0.2) is 0 Å². The first-order valence-electron chi connectivity index (χ1n) is 9.24. The molecule has 2 aromatic carbocycles. The van der Waals surface area contributed by atoms with Crippen molar-refractivity contribution in [2.75, 3.05) is 13.2 Å². The third kappa shape index (κ3) is 3.53. The molecule has 6 nitrogen and oxygen atoms in total. The average Bonchev–Trinajstić information content (AvgIpc) is 2.99. The molecule has 0 bridgehead atoms. The molecule has 1 aromatic heterocycles. The summed E-state index contributed by atoms with van der Waals surface area (Å²) in [7, 11) is 0. The van der Waals surface area contributed by atoms with Crippen molar-refractivity contribution in [1.29, 1.82) is 0 Å². The number of para-hydroxylation sites is 1. The van der Waals surface area contributed by atoms with Crippen LogP contribution in [-0.2, 0) is 0 Å². The second kappa shape index (κ2) is 7.68. The van der Waals surface area contributed by atoms with Gasteiger partial charge in [-0.15, -0.1) is 0 Å². The molecule has 3 aromatic rings. The van der Waals surface area contributed by atoms with Gasteiger partial charge in [-0.05, 0) is 44.0 Å². The predicted octanol–water partition coefficient (Wildman–Crippen LogP) is 3.66. The Labute approximate surface area is 162 Å². The predicted molar refractivity (Wildman–Crippen MR) is 105 cm³/mol. The van der Waals surface area contributed by atoms with E-state index in [0.29, 0.717) is 30.1 Å². The lowest BCUT2D eigenvalue weighted by Crippen LogP contribution is -2.20. The number of amides is 2. The van der Waals surface area contributed by atoms with E-state index in [-0.39, 0.29) is 5.91 Å². The number of benzene rings is 2. The molecule has 1 N–H and O–H groups in total. The molecule has 0 unspecified atom stereocenters. The number of fused-ring (bicyclic) bond motifs is 2. The molecule has 0 aliphatic carbocycles. The fourth-order valence-corrected chi connectivity index (χ4v) is 3.26. The number of aromatic nitrogens is 1. The van der Waals surface area contributed by atoms with Crippen LogP contribution in [0.25, 0.3) is 10.9 Å². The van der Waals surface area contributed by atoms with Crippen molar-refractivity contribution in [3.05, 3.63) is 65.4 Å². The minimum atomic E-state index is -0.404. The number of imide groups is 1. The number of carbonyl (C=O) groups excluding carboxylic acids is 2. The van der Waals surface area contributed by atoms with Gasteiger partial charge in [-0.2, -0.15) is 0 Å². The number of ether oxygens (including phenoxy) is 2. The van der Waals surface area contributed by atoms with E-state index >= 15 is 0 Å². The lowest BCUT2D eigenvalue weighted by molar-refractivity contribution is 0.0878. The Kier molecular flexibility index (Phi) is 4.93. The van der Waals surface area contributed by atoms with Crippen LogP contribution >= 0.6 is 0 Å². The third-order valence-corrected chi connectivity index (χ3v) is 4.59. The SMILES string of the molecule is Cc1cc(OCCCCOc2cccc3c2C(=O)NC3=O)c2ccccc2n1. The summed E-state index contributed by atoms with van der Waals surface area (Å²) in [5.74, 6) is 0.496. The van der Waals surface area contributed by atoms with Crippen LogP contribution in [0.4, 0.5) is 0 Å². The summed E-state index contributed by atoms with van der Waals surface area (Å²) in [6.07, 6.45) is 1.57. The summed E-state index contributed by atoms with van der Waals surface area (Å²) in [4.78, 5) is 28.1. The van der Waals surface area contributed by atoms with Crippen molar-refractivity contribution in [3.63, 3.8) is 0 Å². The van der Waals surface area contributed by atoms with Crippen molar-refractivity contribution in [3.8, 4) is 11.5 Å². The number of unbranched alkanes of at least 4 members (excludes halogenated alkanes) is 1. The summed E-state index contributed by atoms with van der Waals surface area (Å²) in [6.45, 7) is 2.95. The Morgan fingerprint density at radius 2 is 1.64 bits per heavy atom. The summed E-state index contributed by atoms with van der Waals surface area (Å²) in [6, 6.07) is 14.9. The van der Waals surface area contributed by atoms with Gasteiger partial charge in [0.25, 0.3) is 11.8 Å². The van der Waals surface area contributed by atoms with Crippen LogP contribution in [0.5, 0.6) is 11.5 Å². The van der Waals surface area contributed by atoms with Gasteiger partial charge in [0.2, 0.25) is 0 Å². The summed E-state index contributed by atoms with van der Waals surface area (Å²) < 4.78 is 11.7. The molecule has 4 rings (SSSR count). The highest BCUT2D eigenvalue weighted by Crippen LogP contribution is 2.27. The molecule has 0 saturated carbocycles. The average molecular weight is 376 g/mol. The van der Waals surface area contributed by atoms with E-state index in [1.165, 1.54) is 0 Å². The van der Waals surface area contributed by atoms with Crippen LogP contribution < -0.4 is 14.8 Å². The summed E-state index contributed by atoms with van der Waals surface area (Å²) in [5, 5.41) is 3.29. The quantitative estimate of drug-likeness (QED) is 0.503. The maximum atomic E-state index is 11.9. The molecule has 2 heterocycles. The highest BCUT2D eigenvalue weighted by Gasteiger charge is 2.29. The van der Waals surface area contributed by atoms with E-state index in [2.05, 4.69) is 10.3 Å². The second-order valence-electron chi connectivity index (χ2n) is 6.64. The molecule has 0 spiro atoms. The number of nitrogens with one attached hydrogen (secondary N) is 1. The van der Waals surface area contributed by atoms with Gasteiger partial charge in [-0.1, -0.05) is 18.2 Å². The smallest absolute Gasteiger partial charge is 0.262 e. The minimum absolute atomic E-state index is 0.322. The van der Waals surface area contributed by atoms with Crippen LogP contribution in [0.2, 0.25) is 0 Å². The van der Waals surface area contributed by atoms with E-state index in [1.54, 1.807) is 18.2 Å². The Morgan fingerprint density at radius 1 is 0.893 bits per heavy atom. The molecule has 142 valence electrons. The molecule has 0 fully saturated rings. The zero-order valence-electron chi connectivity index (χ0n) is 15.5. The fraction of sp³-hybridized carbons (Fsp3) is 0.227. The molecule has 1 aliphatic heterocycles. The highest BCUT2D eigenvalue weighted by molar-refractivity contribution is 6.22. The molecule has 6 heteroatoms. The molecular formula is C22H20N2O4.